The van der Waals surface area contributed by atoms with Crippen molar-refractivity contribution < 1.29 is 4.79 Å². The molecule has 0 aliphatic rings. The summed E-state index contributed by atoms with van der Waals surface area (Å²) < 4.78 is 1.17. The summed E-state index contributed by atoms with van der Waals surface area (Å²) in [5.41, 5.74) is 3.49. The summed E-state index contributed by atoms with van der Waals surface area (Å²) in [6.07, 6.45) is 1.70. The van der Waals surface area contributed by atoms with Crippen molar-refractivity contribution in [2.24, 2.45) is 5.73 Å². The van der Waals surface area contributed by atoms with Gasteiger partial charge in [-0.3, -0.25) is 19.1 Å². The second-order valence-corrected chi connectivity index (χ2v) is 3.18. The van der Waals surface area contributed by atoms with Gasteiger partial charge in [0.25, 0.3) is 5.56 Å². The third kappa shape index (κ3) is 2.81. The van der Waals surface area contributed by atoms with E-state index in [2.05, 4.69) is 0 Å². The summed E-state index contributed by atoms with van der Waals surface area (Å²) in [6.45, 7) is 0.229. The molecule has 7 nitrogen and oxygen atoms in total. The molecule has 0 unspecified atom stereocenters. The zero-order valence-corrected chi connectivity index (χ0v) is 8.40. The highest BCUT2D eigenvalue weighted by molar-refractivity contribution is 5.73. The Hall–Kier alpha value is -2.36. The van der Waals surface area contributed by atoms with Gasteiger partial charge in [-0.25, -0.2) is 4.79 Å². The normalized spacial score (nSPS) is 9.69. The molecule has 1 aromatic heterocycles. The van der Waals surface area contributed by atoms with Crippen molar-refractivity contribution in [3.05, 3.63) is 32.6 Å². The van der Waals surface area contributed by atoms with Crippen molar-refractivity contribution in [3.8, 4) is 6.07 Å². The molecule has 0 spiro atoms. The lowest BCUT2D eigenvalue weighted by atomic mass is 10.3. The molecule has 16 heavy (non-hydrogen) atoms. The van der Waals surface area contributed by atoms with E-state index in [-0.39, 0.29) is 18.5 Å². The number of H-pyrrole nitrogens is 1. The quantitative estimate of drug-likeness (QED) is 0.655. The molecule has 1 amide bonds. The fourth-order valence-corrected chi connectivity index (χ4v) is 1.18. The molecular weight excluding hydrogens is 212 g/mol. The number of amides is 1. The Morgan fingerprint density at radius 3 is 2.81 bits per heavy atom. The highest BCUT2D eigenvalue weighted by atomic mass is 16.2. The molecule has 0 saturated carbocycles. The van der Waals surface area contributed by atoms with Crippen molar-refractivity contribution >= 4 is 5.91 Å². The number of aromatic nitrogens is 2. The predicted molar refractivity (Wildman–Crippen MR) is 54.5 cm³/mol. The molecule has 7 heteroatoms. The van der Waals surface area contributed by atoms with Crippen LogP contribution in [0.3, 0.4) is 0 Å². The van der Waals surface area contributed by atoms with Gasteiger partial charge >= 0.3 is 5.69 Å². The number of rotatable bonds is 4. The van der Waals surface area contributed by atoms with Crippen LogP contribution in [0.15, 0.2) is 15.8 Å². The Kier molecular flexibility index (Phi) is 3.61. The zero-order valence-electron chi connectivity index (χ0n) is 8.40. The number of nitriles is 1. The van der Waals surface area contributed by atoms with E-state index in [4.69, 9.17) is 11.0 Å². The molecule has 0 aliphatic carbocycles. The number of carbonyl (C=O) groups is 1. The molecule has 1 heterocycles. The van der Waals surface area contributed by atoms with Crippen LogP contribution in [-0.2, 0) is 11.3 Å². The van der Waals surface area contributed by atoms with Gasteiger partial charge in [0.05, 0.1) is 0 Å². The van der Waals surface area contributed by atoms with E-state index in [1.807, 2.05) is 4.98 Å². The molecule has 0 radical (unpaired) electrons. The van der Waals surface area contributed by atoms with E-state index in [9.17, 15) is 14.4 Å². The molecule has 0 aliphatic heterocycles. The smallest absolute Gasteiger partial charge is 0.328 e. The van der Waals surface area contributed by atoms with Crippen LogP contribution in [0.4, 0.5) is 0 Å². The molecule has 1 aromatic rings. The highest BCUT2D eigenvalue weighted by Crippen LogP contribution is 1.92. The minimum Gasteiger partial charge on any atom is -0.370 e. The first-order chi connectivity index (χ1) is 7.54. The molecule has 0 bridgehead atoms. The van der Waals surface area contributed by atoms with Gasteiger partial charge in [0.2, 0.25) is 5.91 Å². The van der Waals surface area contributed by atoms with Gasteiger partial charge in [-0.15, -0.1) is 0 Å². The molecule has 1 rings (SSSR count). The first-order valence-electron chi connectivity index (χ1n) is 4.56. The third-order valence-electron chi connectivity index (χ3n) is 1.95. The minimum absolute atomic E-state index is 0.140. The zero-order chi connectivity index (χ0) is 12.1. The van der Waals surface area contributed by atoms with Crippen LogP contribution in [0.25, 0.3) is 0 Å². The number of hydrogen-bond acceptors (Lipinski definition) is 4. The Labute approximate surface area is 90.1 Å². The average molecular weight is 222 g/mol. The van der Waals surface area contributed by atoms with E-state index >= 15 is 0 Å². The van der Waals surface area contributed by atoms with E-state index in [0.29, 0.717) is 6.42 Å². The maximum absolute atomic E-state index is 11.3. The maximum Gasteiger partial charge on any atom is 0.328 e. The number of nitrogens with one attached hydrogen (secondary N) is 1. The predicted octanol–water partition coefficient (Wildman–Crippen LogP) is -1.33. The lowest BCUT2D eigenvalue weighted by Crippen LogP contribution is -2.31. The Balaban J connectivity index is 2.89. The Morgan fingerprint density at radius 1 is 1.56 bits per heavy atom. The highest BCUT2D eigenvalue weighted by Gasteiger charge is 2.04. The number of aromatic amines is 1. The average Bonchev–Trinajstić information content (AvgIpc) is 2.20. The van der Waals surface area contributed by atoms with Gasteiger partial charge in [-0.05, 0) is 6.42 Å². The summed E-state index contributed by atoms with van der Waals surface area (Å²) in [5.74, 6) is -0.460. The van der Waals surface area contributed by atoms with Crippen LogP contribution < -0.4 is 17.0 Å². The first-order valence-corrected chi connectivity index (χ1v) is 4.56. The largest absolute Gasteiger partial charge is 0.370 e. The Morgan fingerprint density at radius 2 is 2.25 bits per heavy atom. The van der Waals surface area contributed by atoms with Gasteiger partial charge < -0.3 is 5.73 Å². The maximum atomic E-state index is 11.3. The number of primary amides is 1. The van der Waals surface area contributed by atoms with Crippen molar-refractivity contribution in [1.29, 1.82) is 5.26 Å². The number of aryl methyl sites for hydroxylation is 1. The Bertz CT molecular complexity index is 549. The van der Waals surface area contributed by atoms with E-state index < -0.39 is 17.2 Å². The summed E-state index contributed by atoms with van der Waals surface area (Å²) in [4.78, 5) is 34.8. The topological polar surface area (TPSA) is 122 Å². The van der Waals surface area contributed by atoms with Gasteiger partial charge in [-0.2, -0.15) is 5.26 Å². The van der Waals surface area contributed by atoms with Gasteiger partial charge in [0.15, 0.2) is 0 Å². The van der Waals surface area contributed by atoms with E-state index in [1.54, 1.807) is 6.07 Å². The van der Waals surface area contributed by atoms with Crippen LogP contribution in [0.1, 0.15) is 18.4 Å². The summed E-state index contributed by atoms with van der Waals surface area (Å²) >= 11 is 0. The van der Waals surface area contributed by atoms with Gasteiger partial charge in [0, 0.05) is 19.2 Å². The molecule has 0 fully saturated rings. The van der Waals surface area contributed by atoms with Gasteiger partial charge in [0.1, 0.15) is 11.6 Å². The number of carbonyl (C=O) groups excluding carboxylic acids is 1. The monoisotopic (exact) mass is 222 g/mol. The van der Waals surface area contributed by atoms with Crippen molar-refractivity contribution in [2.45, 2.75) is 19.4 Å². The molecule has 0 saturated heterocycles. The summed E-state index contributed by atoms with van der Waals surface area (Å²) in [6, 6.07) is 1.67. The first kappa shape index (κ1) is 11.7. The lowest BCUT2D eigenvalue weighted by Gasteiger charge is -2.03. The third-order valence-corrected chi connectivity index (χ3v) is 1.95. The second-order valence-electron chi connectivity index (χ2n) is 3.18. The summed E-state index contributed by atoms with van der Waals surface area (Å²) in [7, 11) is 0. The number of hydrogen-bond donors (Lipinski definition) is 2. The number of nitrogens with zero attached hydrogens (tertiary/aromatic N) is 2. The van der Waals surface area contributed by atoms with Crippen LogP contribution in [0.2, 0.25) is 0 Å². The van der Waals surface area contributed by atoms with Crippen molar-refractivity contribution in [1.82, 2.24) is 9.55 Å². The fourth-order valence-electron chi connectivity index (χ4n) is 1.18. The van der Waals surface area contributed by atoms with Crippen LogP contribution in [-0.4, -0.2) is 15.5 Å². The molecule has 84 valence electrons. The van der Waals surface area contributed by atoms with Crippen molar-refractivity contribution in [3.63, 3.8) is 0 Å². The summed E-state index contributed by atoms with van der Waals surface area (Å²) in [5, 5.41) is 8.59. The molecule has 0 aromatic carbocycles. The minimum atomic E-state index is -0.710. The van der Waals surface area contributed by atoms with E-state index in [0.717, 1.165) is 0 Å². The fraction of sp³-hybridized carbons (Fsp3) is 0.333. The molecule has 0 atom stereocenters. The molecule has 3 N–H and O–H groups in total. The van der Waals surface area contributed by atoms with Crippen LogP contribution in [0.5, 0.6) is 0 Å². The van der Waals surface area contributed by atoms with Crippen LogP contribution in [0, 0.1) is 11.3 Å². The SMILES string of the molecule is N#Cc1cn(CCCC(N)=O)c(=O)[nH]c1=O. The lowest BCUT2D eigenvalue weighted by molar-refractivity contribution is -0.118. The second kappa shape index (κ2) is 4.93. The van der Waals surface area contributed by atoms with E-state index in [1.165, 1.54) is 10.8 Å². The number of nitrogens with two attached hydrogens (primary N) is 1. The van der Waals surface area contributed by atoms with Crippen molar-refractivity contribution in [2.75, 3.05) is 0 Å². The molecular formula is C9H10N4O3. The van der Waals surface area contributed by atoms with Gasteiger partial charge in [-0.1, -0.05) is 0 Å². The van der Waals surface area contributed by atoms with Crippen LogP contribution >= 0.6 is 0 Å². The standard InChI is InChI=1S/C9H10N4O3/c10-4-6-5-13(3-1-2-7(11)14)9(16)12-8(6)15/h5H,1-3H2,(H2,11,14)(H,12,15,16).